The van der Waals surface area contributed by atoms with Crippen molar-refractivity contribution in [3.63, 3.8) is 0 Å². The molecule has 1 atom stereocenters. The van der Waals surface area contributed by atoms with Crippen LogP contribution in [0.3, 0.4) is 0 Å². The van der Waals surface area contributed by atoms with Crippen molar-refractivity contribution in [1.29, 1.82) is 0 Å². The SMILES string of the molecule is CCCCCC[C@@H](C)Oc1cc(C)c(-c2ccc(C(=O)OC)cc2)cc1N(C)C. The van der Waals surface area contributed by atoms with Gasteiger partial charge >= 0.3 is 5.97 Å². The van der Waals surface area contributed by atoms with E-state index >= 15 is 0 Å². The summed E-state index contributed by atoms with van der Waals surface area (Å²) in [4.78, 5) is 13.8. The van der Waals surface area contributed by atoms with Crippen molar-refractivity contribution in [1.82, 2.24) is 0 Å². The van der Waals surface area contributed by atoms with Crippen LogP contribution in [0.1, 0.15) is 61.9 Å². The fourth-order valence-electron chi connectivity index (χ4n) is 3.46. The Morgan fingerprint density at radius 1 is 1.07 bits per heavy atom. The van der Waals surface area contributed by atoms with Crippen LogP contribution in [0.2, 0.25) is 0 Å². The van der Waals surface area contributed by atoms with Gasteiger partial charge in [0.1, 0.15) is 5.75 Å². The van der Waals surface area contributed by atoms with Crippen LogP contribution in [0.4, 0.5) is 5.69 Å². The van der Waals surface area contributed by atoms with Gasteiger partial charge in [-0.15, -0.1) is 0 Å². The molecule has 0 saturated heterocycles. The monoisotopic (exact) mass is 397 g/mol. The van der Waals surface area contributed by atoms with Crippen molar-refractivity contribution < 1.29 is 14.3 Å². The lowest BCUT2D eigenvalue weighted by molar-refractivity contribution is 0.0600. The molecule has 0 fully saturated rings. The normalized spacial score (nSPS) is 11.8. The molecule has 2 aromatic carbocycles. The van der Waals surface area contributed by atoms with Crippen molar-refractivity contribution in [2.24, 2.45) is 0 Å². The number of unbranched alkanes of at least 4 members (excludes halogenated alkanes) is 3. The van der Waals surface area contributed by atoms with E-state index in [0.717, 1.165) is 34.5 Å². The van der Waals surface area contributed by atoms with Gasteiger partial charge in [0, 0.05) is 14.1 Å². The number of esters is 1. The zero-order valence-electron chi connectivity index (χ0n) is 18.7. The fourth-order valence-corrected chi connectivity index (χ4v) is 3.46. The van der Waals surface area contributed by atoms with E-state index in [1.165, 1.54) is 32.8 Å². The Hall–Kier alpha value is -2.49. The number of aryl methyl sites for hydroxylation is 1. The van der Waals surface area contributed by atoms with E-state index in [-0.39, 0.29) is 12.1 Å². The summed E-state index contributed by atoms with van der Waals surface area (Å²) in [5.41, 5.74) is 4.96. The second kappa shape index (κ2) is 10.9. The minimum Gasteiger partial charge on any atom is -0.489 e. The molecule has 0 bridgehead atoms. The van der Waals surface area contributed by atoms with Crippen molar-refractivity contribution in [2.75, 3.05) is 26.1 Å². The molecule has 0 saturated carbocycles. The molecule has 0 amide bonds. The van der Waals surface area contributed by atoms with Crippen molar-refractivity contribution in [3.8, 4) is 16.9 Å². The van der Waals surface area contributed by atoms with Crippen LogP contribution in [0.15, 0.2) is 36.4 Å². The maximum atomic E-state index is 11.7. The quantitative estimate of drug-likeness (QED) is 0.351. The van der Waals surface area contributed by atoms with Gasteiger partial charge in [-0.1, -0.05) is 38.3 Å². The summed E-state index contributed by atoms with van der Waals surface area (Å²) < 4.78 is 11.1. The van der Waals surface area contributed by atoms with Gasteiger partial charge < -0.3 is 14.4 Å². The van der Waals surface area contributed by atoms with Gasteiger partial charge in [-0.3, -0.25) is 0 Å². The molecule has 0 heterocycles. The Morgan fingerprint density at radius 3 is 2.34 bits per heavy atom. The Balaban J connectivity index is 2.24. The van der Waals surface area contributed by atoms with Crippen LogP contribution in [-0.2, 0) is 4.74 Å². The van der Waals surface area contributed by atoms with E-state index in [4.69, 9.17) is 9.47 Å². The van der Waals surface area contributed by atoms with E-state index in [1.54, 1.807) is 12.1 Å². The van der Waals surface area contributed by atoms with Gasteiger partial charge in [-0.05, 0) is 67.6 Å². The molecule has 0 aliphatic rings. The predicted molar refractivity (Wildman–Crippen MR) is 121 cm³/mol. The molecule has 0 aromatic heterocycles. The van der Waals surface area contributed by atoms with Crippen LogP contribution in [0.25, 0.3) is 11.1 Å². The third kappa shape index (κ3) is 6.25. The summed E-state index contributed by atoms with van der Waals surface area (Å²) in [6.45, 7) is 6.48. The van der Waals surface area contributed by atoms with E-state index in [0.29, 0.717) is 5.56 Å². The first kappa shape index (κ1) is 22.8. The van der Waals surface area contributed by atoms with Crippen LogP contribution in [0.5, 0.6) is 5.75 Å². The molecule has 0 radical (unpaired) electrons. The highest BCUT2D eigenvalue weighted by Crippen LogP contribution is 2.36. The molecular formula is C25H35NO3. The molecule has 0 spiro atoms. The molecule has 4 nitrogen and oxygen atoms in total. The molecule has 0 unspecified atom stereocenters. The lowest BCUT2D eigenvalue weighted by atomic mass is 9.98. The largest absolute Gasteiger partial charge is 0.489 e. The molecular weight excluding hydrogens is 362 g/mol. The average Bonchev–Trinajstić information content (AvgIpc) is 2.70. The summed E-state index contributed by atoms with van der Waals surface area (Å²) in [6.07, 6.45) is 6.28. The topological polar surface area (TPSA) is 38.8 Å². The van der Waals surface area contributed by atoms with Gasteiger partial charge in [-0.2, -0.15) is 0 Å². The summed E-state index contributed by atoms with van der Waals surface area (Å²) >= 11 is 0. The molecule has 4 heteroatoms. The second-order valence-electron chi connectivity index (χ2n) is 7.88. The standard InChI is InChI=1S/C25H35NO3/c1-7-8-9-10-11-19(3)29-24-16-18(2)22(17-23(24)26(4)5)20-12-14-21(15-13-20)25(27)28-6/h12-17,19H,7-11H2,1-6H3/t19-/m1/s1. The van der Waals surface area contributed by atoms with E-state index in [2.05, 4.69) is 37.8 Å². The minimum absolute atomic E-state index is 0.190. The number of anilines is 1. The summed E-state index contributed by atoms with van der Waals surface area (Å²) in [5, 5.41) is 0. The minimum atomic E-state index is -0.320. The van der Waals surface area contributed by atoms with E-state index < -0.39 is 0 Å². The molecule has 0 N–H and O–H groups in total. The number of carbonyl (C=O) groups excluding carboxylic acids is 1. The van der Waals surface area contributed by atoms with Gasteiger partial charge in [-0.25, -0.2) is 4.79 Å². The zero-order valence-corrected chi connectivity index (χ0v) is 18.7. The first-order valence-electron chi connectivity index (χ1n) is 10.5. The Labute approximate surface area is 175 Å². The smallest absolute Gasteiger partial charge is 0.337 e. The second-order valence-corrected chi connectivity index (χ2v) is 7.88. The van der Waals surface area contributed by atoms with Crippen molar-refractivity contribution in [2.45, 2.75) is 59.0 Å². The van der Waals surface area contributed by atoms with Gasteiger partial charge in [0.05, 0.1) is 24.5 Å². The maximum absolute atomic E-state index is 11.7. The van der Waals surface area contributed by atoms with Crippen LogP contribution < -0.4 is 9.64 Å². The lowest BCUT2D eigenvalue weighted by Crippen LogP contribution is -2.16. The number of nitrogens with zero attached hydrogens (tertiary/aromatic N) is 1. The molecule has 2 aromatic rings. The predicted octanol–water partition coefficient (Wildman–Crippen LogP) is 6.25. The average molecular weight is 398 g/mol. The van der Waals surface area contributed by atoms with E-state index in [1.807, 2.05) is 26.2 Å². The van der Waals surface area contributed by atoms with Gasteiger partial charge in [0.2, 0.25) is 0 Å². The summed E-state index contributed by atoms with van der Waals surface area (Å²) in [6, 6.07) is 11.8. The number of rotatable bonds is 10. The third-order valence-corrected chi connectivity index (χ3v) is 5.20. The molecule has 0 aliphatic carbocycles. The Bertz CT molecular complexity index is 796. The number of ether oxygens (including phenoxy) is 2. The number of hydrogen-bond donors (Lipinski definition) is 0. The van der Waals surface area contributed by atoms with Gasteiger partial charge in [0.15, 0.2) is 0 Å². The zero-order chi connectivity index (χ0) is 21.4. The van der Waals surface area contributed by atoms with Crippen LogP contribution in [0, 0.1) is 6.92 Å². The lowest BCUT2D eigenvalue weighted by Gasteiger charge is -2.23. The highest BCUT2D eigenvalue weighted by molar-refractivity contribution is 5.90. The Kier molecular flexibility index (Phi) is 8.56. The first-order valence-corrected chi connectivity index (χ1v) is 10.5. The number of methoxy groups -OCH3 is 1. The number of hydrogen-bond acceptors (Lipinski definition) is 4. The third-order valence-electron chi connectivity index (χ3n) is 5.20. The number of carbonyl (C=O) groups is 1. The Morgan fingerprint density at radius 2 is 1.76 bits per heavy atom. The van der Waals surface area contributed by atoms with Crippen molar-refractivity contribution >= 4 is 11.7 Å². The highest BCUT2D eigenvalue weighted by Gasteiger charge is 2.15. The van der Waals surface area contributed by atoms with Crippen LogP contribution >= 0.6 is 0 Å². The molecule has 158 valence electrons. The summed E-state index contributed by atoms with van der Waals surface area (Å²) in [5.74, 6) is 0.601. The van der Waals surface area contributed by atoms with E-state index in [9.17, 15) is 4.79 Å². The summed E-state index contributed by atoms with van der Waals surface area (Å²) in [7, 11) is 5.47. The molecule has 29 heavy (non-hydrogen) atoms. The molecule has 0 aliphatic heterocycles. The highest BCUT2D eigenvalue weighted by atomic mass is 16.5. The molecule has 2 rings (SSSR count). The fraction of sp³-hybridized carbons (Fsp3) is 0.480. The van der Waals surface area contributed by atoms with Gasteiger partial charge in [0.25, 0.3) is 0 Å². The van der Waals surface area contributed by atoms with Crippen LogP contribution in [-0.4, -0.2) is 33.3 Å². The first-order chi connectivity index (χ1) is 13.9. The van der Waals surface area contributed by atoms with Crippen molar-refractivity contribution in [3.05, 3.63) is 47.5 Å². The number of benzene rings is 2. The maximum Gasteiger partial charge on any atom is 0.337 e.